The van der Waals surface area contributed by atoms with Crippen molar-refractivity contribution in [2.24, 2.45) is 0 Å². The predicted octanol–water partition coefficient (Wildman–Crippen LogP) is 3.48. The van der Waals surface area contributed by atoms with Crippen molar-refractivity contribution in [2.75, 3.05) is 0 Å². The van der Waals surface area contributed by atoms with Crippen molar-refractivity contribution in [1.82, 2.24) is 9.55 Å². The number of hydrogen-bond donors (Lipinski definition) is 0. The molecule has 1 aromatic heterocycles. The van der Waals surface area contributed by atoms with E-state index in [4.69, 9.17) is 0 Å². The van der Waals surface area contributed by atoms with Crippen molar-refractivity contribution in [2.45, 2.75) is 35.9 Å². The number of nitrogens with zero attached hydrogens (tertiary/aromatic N) is 3. The number of ketones is 1. The van der Waals surface area contributed by atoms with Crippen LogP contribution in [0.25, 0.3) is 0 Å². The first-order chi connectivity index (χ1) is 10.1. The van der Waals surface area contributed by atoms with Gasteiger partial charge in [0.05, 0.1) is 9.82 Å². The lowest BCUT2D eigenvalue weighted by Crippen LogP contribution is -1.98. The highest BCUT2D eigenvalue weighted by Crippen LogP contribution is 2.41. The molecule has 2 aromatic rings. The zero-order valence-corrected chi connectivity index (χ0v) is 12.2. The summed E-state index contributed by atoms with van der Waals surface area (Å²) < 4.78 is 2.05. The van der Waals surface area contributed by atoms with E-state index in [1.807, 2.05) is 10.8 Å². The topological polar surface area (TPSA) is 78.0 Å². The molecule has 0 radical (unpaired) electrons. The van der Waals surface area contributed by atoms with Crippen LogP contribution in [0.1, 0.15) is 36.2 Å². The number of benzene rings is 1. The maximum atomic E-state index is 11.4. The van der Waals surface area contributed by atoms with Gasteiger partial charge in [0.25, 0.3) is 5.69 Å². The molecular formula is C14H13N3O3S. The van der Waals surface area contributed by atoms with Crippen LogP contribution in [-0.2, 0) is 0 Å². The third kappa shape index (κ3) is 2.82. The predicted molar refractivity (Wildman–Crippen MR) is 77.7 cm³/mol. The lowest BCUT2D eigenvalue weighted by atomic mass is 10.1. The van der Waals surface area contributed by atoms with Crippen LogP contribution in [0.4, 0.5) is 5.69 Å². The maximum absolute atomic E-state index is 11.4. The average Bonchev–Trinajstić information content (AvgIpc) is 3.19. The molecule has 7 heteroatoms. The Morgan fingerprint density at radius 3 is 2.86 bits per heavy atom. The van der Waals surface area contributed by atoms with Gasteiger partial charge in [-0.05, 0) is 43.7 Å². The van der Waals surface area contributed by atoms with Gasteiger partial charge in [0.15, 0.2) is 10.9 Å². The van der Waals surface area contributed by atoms with Crippen LogP contribution in [0.2, 0.25) is 0 Å². The number of rotatable bonds is 5. The number of carbonyl (C=O) groups excluding carboxylic acids is 1. The summed E-state index contributed by atoms with van der Waals surface area (Å²) in [6, 6.07) is 5.02. The second-order valence-corrected chi connectivity index (χ2v) is 5.96. The minimum atomic E-state index is -0.459. The molecule has 3 rings (SSSR count). The molecule has 1 saturated carbocycles. The highest BCUT2D eigenvalue weighted by molar-refractivity contribution is 7.99. The highest BCUT2D eigenvalue weighted by Gasteiger charge is 2.27. The molecule has 1 aromatic carbocycles. The van der Waals surface area contributed by atoms with E-state index in [0.717, 1.165) is 18.0 Å². The van der Waals surface area contributed by atoms with Gasteiger partial charge < -0.3 is 4.57 Å². The smallest absolute Gasteiger partial charge is 0.284 e. The lowest BCUT2D eigenvalue weighted by molar-refractivity contribution is -0.387. The van der Waals surface area contributed by atoms with Gasteiger partial charge >= 0.3 is 0 Å². The van der Waals surface area contributed by atoms with Crippen molar-refractivity contribution >= 4 is 23.2 Å². The van der Waals surface area contributed by atoms with Crippen molar-refractivity contribution in [3.63, 3.8) is 0 Å². The Hall–Kier alpha value is -2.15. The average molecular weight is 303 g/mol. The molecule has 1 heterocycles. The molecule has 0 N–H and O–H groups in total. The third-order valence-electron chi connectivity index (χ3n) is 3.34. The molecule has 0 atom stereocenters. The molecule has 6 nitrogen and oxygen atoms in total. The quantitative estimate of drug-likeness (QED) is 0.480. The zero-order valence-electron chi connectivity index (χ0n) is 11.4. The molecule has 0 saturated heterocycles. The zero-order chi connectivity index (χ0) is 15.0. The summed E-state index contributed by atoms with van der Waals surface area (Å²) in [7, 11) is 0. The third-order valence-corrected chi connectivity index (χ3v) is 4.40. The van der Waals surface area contributed by atoms with Gasteiger partial charge in [-0.25, -0.2) is 4.98 Å². The molecule has 108 valence electrons. The number of imidazole rings is 1. The molecule has 0 unspecified atom stereocenters. The highest BCUT2D eigenvalue weighted by atomic mass is 32.2. The van der Waals surface area contributed by atoms with E-state index >= 15 is 0 Å². The summed E-state index contributed by atoms with van der Waals surface area (Å²) >= 11 is 1.26. The molecule has 1 aliphatic carbocycles. The lowest BCUT2D eigenvalue weighted by Gasteiger charge is -2.06. The SMILES string of the molecule is CC(=O)c1ccc(Sc2nccn2C2CC2)c([N+](=O)[O-])c1. The summed E-state index contributed by atoms with van der Waals surface area (Å²) in [5.41, 5.74) is 0.287. The summed E-state index contributed by atoms with van der Waals surface area (Å²) in [5.74, 6) is -0.186. The van der Waals surface area contributed by atoms with Crippen molar-refractivity contribution in [3.05, 3.63) is 46.3 Å². The van der Waals surface area contributed by atoms with Gasteiger partial charge in [0.1, 0.15) is 0 Å². The van der Waals surface area contributed by atoms with Gasteiger partial charge in [0.2, 0.25) is 0 Å². The molecular weight excluding hydrogens is 290 g/mol. The first kappa shape index (κ1) is 13.8. The monoisotopic (exact) mass is 303 g/mol. The number of nitro benzene ring substituents is 1. The minimum absolute atomic E-state index is 0.0574. The van der Waals surface area contributed by atoms with Crippen molar-refractivity contribution in [1.29, 1.82) is 0 Å². The first-order valence-electron chi connectivity index (χ1n) is 6.56. The fourth-order valence-corrected chi connectivity index (χ4v) is 3.07. The summed E-state index contributed by atoms with van der Waals surface area (Å²) in [6.07, 6.45) is 5.84. The van der Waals surface area contributed by atoms with Crippen LogP contribution in [0, 0.1) is 10.1 Å². The van der Waals surface area contributed by atoms with Crippen LogP contribution >= 0.6 is 11.8 Å². The fourth-order valence-electron chi connectivity index (χ4n) is 2.07. The van der Waals surface area contributed by atoms with E-state index in [1.54, 1.807) is 18.3 Å². The summed E-state index contributed by atoms with van der Waals surface area (Å²) in [4.78, 5) is 26.9. The van der Waals surface area contributed by atoms with Gasteiger partial charge in [-0.1, -0.05) is 0 Å². The van der Waals surface area contributed by atoms with Crippen LogP contribution in [0.15, 0.2) is 40.6 Å². The van der Waals surface area contributed by atoms with E-state index in [2.05, 4.69) is 4.98 Å². The Kier molecular flexibility index (Phi) is 3.50. The Balaban J connectivity index is 1.95. The molecule has 0 aliphatic heterocycles. The Morgan fingerprint density at radius 2 is 2.24 bits per heavy atom. The van der Waals surface area contributed by atoms with E-state index in [-0.39, 0.29) is 11.5 Å². The number of hydrogen-bond acceptors (Lipinski definition) is 5. The fraction of sp³-hybridized carbons (Fsp3) is 0.286. The maximum Gasteiger partial charge on any atom is 0.284 e. The number of aromatic nitrogens is 2. The second-order valence-electron chi connectivity index (χ2n) is 4.95. The van der Waals surface area contributed by atoms with E-state index in [9.17, 15) is 14.9 Å². The number of Topliss-reactive ketones (excluding diaryl/α,β-unsaturated/α-hetero) is 1. The molecule has 1 fully saturated rings. The van der Waals surface area contributed by atoms with Crippen LogP contribution in [0.3, 0.4) is 0 Å². The number of nitro groups is 1. The standard InChI is InChI=1S/C14H13N3O3S/c1-9(18)10-2-5-13(12(8-10)17(19)20)21-14-15-6-7-16(14)11-3-4-11/h2,5-8,11H,3-4H2,1H3. The molecule has 0 amide bonds. The van der Waals surface area contributed by atoms with Crippen molar-refractivity contribution < 1.29 is 9.72 Å². The van der Waals surface area contributed by atoms with Gasteiger partial charge in [0, 0.05) is 30.1 Å². The second kappa shape index (κ2) is 5.33. The Labute approximate surface area is 125 Å². The van der Waals surface area contributed by atoms with Crippen LogP contribution in [-0.4, -0.2) is 20.3 Å². The summed E-state index contributed by atoms with van der Waals surface area (Å²) in [5, 5.41) is 12.0. The summed E-state index contributed by atoms with van der Waals surface area (Å²) in [6.45, 7) is 1.39. The van der Waals surface area contributed by atoms with Crippen molar-refractivity contribution in [3.8, 4) is 0 Å². The molecule has 0 bridgehead atoms. The van der Waals surface area contributed by atoms with E-state index < -0.39 is 4.92 Å². The number of carbonyl (C=O) groups is 1. The van der Waals surface area contributed by atoms with Crippen LogP contribution in [0.5, 0.6) is 0 Å². The largest absolute Gasteiger partial charge is 0.323 e. The Morgan fingerprint density at radius 1 is 1.48 bits per heavy atom. The van der Waals surface area contributed by atoms with E-state index in [1.165, 1.54) is 24.8 Å². The van der Waals surface area contributed by atoms with Gasteiger partial charge in [-0.2, -0.15) is 0 Å². The first-order valence-corrected chi connectivity index (χ1v) is 7.38. The van der Waals surface area contributed by atoms with Gasteiger partial charge in [-0.3, -0.25) is 14.9 Å². The van der Waals surface area contributed by atoms with Gasteiger partial charge in [-0.15, -0.1) is 0 Å². The molecule has 0 spiro atoms. The molecule has 1 aliphatic rings. The normalized spacial score (nSPS) is 14.1. The van der Waals surface area contributed by atoms with E-state index in [0.29, 0.717) is 16.5 Å². The molecule has 21 heavy (non-hydrogen) atoms. The minimum Gasteiger partial charge on any atom is -0.323 e. The Bertz CT molecular complexity index is 722. The van der Waals surface area contributed by atoms with Crippen LogP contribution < -0.4 is 0 Å².